The van der Waals surface area contributed by atoms with E-state index in [0.717, 1.165) is 5.56 Å². The van der Waals surface area contributed by atoms with Gasteiger partial charge in [0.2, 0.25) is 0 Å². The normalized spacial score (nSPS) is 12.0. The quantitative estimate of drug-likeness (QED) is 0.817. The summed E-state index contributed by atoms with van der Waals surface area (Å²) in [4.78, 5) is 12.4. The lowest BCUT2D eigenvalue weighted by molar-refractivity contribution is 0.102. The Hall–Kier alpha value is -2.34. The van der Waals surface area contributed by atoms with Gasteiger partial charge < -0.3 is 10.4 Å². The van der Waals surface area contributed by atoms with Crippen LogP contribution in [0.25, 0.3) is 0 Å². The van der Waals surface area contributed by atoms with Gasteiger partial charge in [-0.3, -0.25) is 4.79 Å². The molecule has 2 aromatic carbocycles. The van der Waals surface area contributed by atoms with Crippen molar-refractivity contribution in [3.05, 3.63) is 59.2 Å². The summed E-state index contributed by atoms with van der Waals surface area (Å²) in [5.74, 6) is -0.439. The maximum absolute atomic E-state index is 12.4. The predicted molar refractivity (Wildman–Crippen MR) is 99.7 cm³/mol. The summed E-state index contributed by atoms with van der Waals surface area (Å²) in [6.07, 6.45) is 1.17. The first-order valence-electron chi connectivity index (χ1n) is 7.87. The van der Waals surface area contributed by atoms with Gasteiger partial charge >= 0.3 is 0 Å². The number of nitrogens with one attached hydrogen (secondary N) is 1. The number of carbonyl (C=O) groups excluding carboxylic acids is 1. The van der Waals surface area contributed by atoms with Gasteiger partial charge in [0.25, 0.3) is 5.91 Å². The standard InChI is InChI=1S/C19H23NO4S/c1-19(2,3)15-9-10-17(21)16(11-15)20-18(22)14-7-5-13(6-8-14)12-25(4,23)24/h5-11,21H,12H2,1-4H3,(H,20,22). The van der Waals surface area contributed by atoms with E-state index in [1.807, 2.05) is 26.8 Å². The van der Waals surface area contributed by atoms with Crippen molar-refractivity contribution in [1.29, 1.82) is 0 Å². The summed E-state index contributed by atoms with van der Waals surface area (Å²) >= 11 is 0. The van der Waals surface area contributed by atoms with Crippen LogP contribution in [0.15, 0.2) is 42.5 Å². The van der Waals surface area contributed by atoms with Crippen LogP contribution in [0.4, 0.5) is 5.69 Å². The number of hydrogen-bond donors (Lipinski definition) is 2. The van der Waals surface area contributed by atoms with Gasteiger partial charge in [-0.2, -0.15) is 0 Å². The van der Waals surface area contributed by atoms with Crippen molar-refractivity contribution in [1.82, 2.24) is 0 Å². The Balaban J connectivity index is 2.20. The predicted octanol–water partition coefficient (Wildman–Crippen LogP) is 3.49. The molecule has 0 heterocycles. The molecule has 0 saturated heterocycles. The first kappa shape index (κ1) is 19.0. The first-order chi connectivity index (χ1) is 11.5. The number of hydrogen-bond acceptors (Lipinski definition) is 4. The van der Waals surface area contributed by atoms with Crippen molar-refractivity contribution >= 4 is 21.4 Å². The van der Waals surface area contributed by atoms with E-state index in [1.54, 1.807) is 36.4 Å². The molecule has 0 atom stereocenters. The third-order valence-electron chi connectivity index (χ3n) is 3.76. The van der Waals surface area contributed by atoms with E-state index in [4.69, 9.17) is 0 Å². The molecule has 2 rings (SSSR count). The molecule has 0 unspecified atom stereocenters. The SMILES string of the molecule is CC(C)(C)c1ccc(O)c(NC(=O)c2ccc(CS(C)(=O)=O)cc2)c1. The van der Waals surface area contributed by atoms with E-state index in [1.165, 1.54) is 6.26 Å². The zero-order valence-corrected chi connectivity index (χ0v) is 15.6. The van der Waals surface area contributed by atoms with Crippen LogP contribution < -0.4 is 5.32 Å². The highest BCUT2D eigenvalue weighted by atomic mass is 32.2. The molecule has 0 saturated carbocycles. The second kappa shape index (κ2) is 6.88. The molecule has 6 heteroatoms. The van der Waals surface area contributed by atoms with Gasteiger partial charge in [0.1, 0.15) is 5.75 Å². The lowest BCUT2D eigenvalue weighted by Gasteiger charge is -2.20. The molecular weight excluding hydrogens is 338 g/mol. The zero-order chi connectivity index (χ0) is 18.8. The van der Waals surface area contributed by atoms with Crippen LogP contribution in [-0.2, 0) is 21.0 Å². The molecule has 5 nitrogen and oxygen atoms in total. The summed E-state index contributed by atoms with van der Waals surface area (Å²) in [7, 11) is -3.12. The van der Waals surface area contributed by atoms with Crippen LogP contribution in [0.3, 0.4) is 0 Å². The fourth-order valence-electron chi connectivity index (χ4n) is 2.35. The topological polar surface area (TPSA) is 83.5 Å². The zero-order valence-electron chi connectivity index (χ0n) is 14.8. The molecule has 0 bridgehead atoms. The van der Waals surface area contributed by atoms with E-state index in [0.29, 0.717) is 16.8 Å². The number of phenols is 1. The van der Waals surface area contributed by atoms with Crippen LogP contribution in [0.1, 0.15) is 42.3 Å². The lowest BCUT2D eigenvalue weighted by Crippen LogP contribution is -2.15. The Labute approximate surface area is 148 Å². The highest BCUT2D eigenvalue weighted by molar-refractivity contribution is 7.89. The van der Waals surface area contributed by atoms with Crippen molar-refractivity contribution in [2.24, 2.45) is 0 Å². The first-order valence-corrected chi connectivity index (χ1v) is 9.93. The molecule has 2 aromatic rings. The fourth-order valence-corrected chi connectivity index (χ4v) is 3.15. The largest absolute Gasteiger partial charge is 0.506 e. The van der Waals surface area contributed by atoms with Gasteiger partial charge in [0.05, 0.1) is 11.4 Å². The van der Waals surface area contributed by atoms with Crippen molar-refractivity contribution in [3.8, 4) is 5.75 Å². The molecule has 0 aliphatic carbocycles. The van der Waals surface area contributed by atoms with Crippen molar-refractivity contribution in [3.63, 3.8) is 0 Å². The number of carbonyl (C=O) groups is 1. The molecule has 25 heavy (non-hydrogen) atoms. The molecular formula is C19H23NO4S. The number of sulfone groups is 1. The summed E-state index contributed by atoms with van der Waals surface area (Å²) < 4.78 is 22.6. The Kier molecular flexibility index (Phi) is 5.23. The van der Waals surface area contributed by atoms with E-state index in [2.05, 4.69) is 5.32 Å². The third-order valence-corrected chi connectivity index (χ3v) is 4.61. The Morgan fingerprint density at radius 3 is 2.20 bits per heavy atom. The minimum Gasteiger partial charge on any atom is -0.506 e. The lowest BCUT2D eigenvalue weighted by atomic mass is 9.87. The molecule has 1 amide bonds. The van der Waals surface area contributed by atoms with Crippen molar-refractivity contribution in [2.75, 3.05) is 11.6 Å². The summed E-state index contributed by atoms with van der Waals surface area (Å²) in [6.45, 7) is 6.14. The minimum absolute atomic E-state index is 0.00459. The molecule has 2 N–H and O–H groups in total. The summed E-state index contributed by atoms with van der Waals surface area (Å²) in [5, 5.41) is 12.7. The smallest absolute Gasteiger partial charge is 0.255 e. The van der Waals surface area contributed by atoms with Gasteiger partial charge in [-0.05, 0) is 40.8 Å². The summed E-state index contributed by atoms with van der Waals surface area (Å²) in [5.41, 5.74) is 2.23. The maximum Gasteiger partial charge on any atom is 0.255 e. The van der Waals surface area contributed by atoms with E-state index in [-0.39, 0.29) is 22.8 Å². The van der Waals surface area contributed by atoms with Crippen molar-refractivity contribution in [2.45, 2.75) is 31.9 Å². The molecule has 134 valence electrons. The Morgan fingerprint density at radius 2 is 1.68 bits per heavy atom. The van der Waals surface area contributed by atoms with Crippen molar-refractivity contribution < 1.29 is 18.3 Å². The Bertz CT molecular complexity index is 879. The molecule has 0 spiro atoms. The molecule has 0 fully saturated rings. The number of rotatable bonds is 4. The van der Waals surface area contributed by atoms with E-state index in [9.17, 15) is 18.3 Å². The highest BCUT2D eigenvalue weighted by Crippen LogP contribution is 2.31. The average molecular weight is 361 g/mol. The Morgan fingerprint density at radius 1 is 1.08 bits per heavy atom. The van der Waals surface area contributed by atoms with Crippen LogP contribution in [0.2, 0.25) is 0 Å². The van der Waals surface area contributed by atoms with Crippen LogP contribution >= 0.6 is 0 Å². The number of benzene rings is 2. The molecule has 0 aliphatic heterocycles. The number of phenolic OH excluding ortho intramolecular Hbond substituents is 1. The monoisotopic (exact) mass is 361 g/mol. The van der Waals surface area contributed by atoms with E-state index < -0.39 is 9.84 Å². The fraction of sp³-hybridized carbons (Fsp3) is 0.316. The maximum atomic E-state index is 12.4. The van der Waals surface area contributed by atoms with Crippen LogP contribution in [-0.4, -0.2) is 25.7 Å². The molecule has 0 aromatic heterocycles. The van der Waals surface area contributed by atoms with Crippen LogP contribution in [0, 0.1) is 0 Å². The van der Waals surface area contributed by atoms with Gasteiger partial charge in [-0.1, -0.05) is 39.0 Å². The third kappa shape index (κ3) is 5.32. The number of amides is 1. The van der Waals surface area contributed by atoms with Gasteiger partial charge in [-0.15, -0.1) is 0 Å². The van der Waals surface area contributed by atoms with Gasteiger partial charge in [0, 0.05) is 11.8 Å². The second-order valence-electron chi connectivity index (χ2n) is 7.20. The number of aromatic hydroxyl groups is 1. The molecule has 0 radical (unpaired) electrons. The average Bonchev–Trinajstić information content (AvgIpc) is 2.47. The highest BCUT2D eigenvalue weighted by Gasteiger charge is 2.17. The van der Waals surface area contributed by atoms with Gasteiger partial charge in [-0.25, -0.2) is 8.42 Å². The van der Waals surface area contributed by atoms with E-state index >= 15 is 0 Å². The second-order valence-corrected chi connectivity index (χ2v) is 9.34. The van der Waals surface area contributed by atoms with Gasteiger partial charge in [0.15, 0.2) is 9.84 Å². The summed E-state index contributed by atoms with van der Waals surface area (Å²) in [6, 6.07) is 11.5. The number of anilines is 1. The van der Waals surface area contributed by atoms with Crippen LogP contribution in [0.5, 0.6) is 5.75 Å². The minimum atomic E-state index is -3.12. The molecule has 0 aliphatic rings.